The fraction of sp³-hybridized carbons (Fsp3) is 0.267. The molecule has 0 aliphatic carbocycles. The maximum atomic E-state index is 5.61. The third-order valence-corrected chi connectivity index (χ3v) is 1.97. The Morgan fingerprint density at radius 2 is 2.06 bits per heavy atom. The second kappa shape index (κ2) is 9.05. The summed E-state index contributed by atoms with van der Waals surface area (Å²) in [6.07, 6.45) is 7.15. The fourth-order valence-corrected chi connectivity index (χ4v) is 1.04. The molecule has 0 unspecified atom stereocenters. The van der Waals surface area contributed by atoms with Gasteiger partial charge in [0.25, 0.3) is 0 Å². The molecule has 1 aromatic rings. The molecule has 0 aliphatic heterocycles. The Bertz CT molecular complexity index is 417. The van der Waals surface area contributed by atoms with Crippen molar-refractivity contribution in [1.29, 1.82) is 0 Å². The highest BCUT2D eigenvalue weighted by atomic mass is 16.5. The highest BCUT2D eigenvalue weighted by Gasteiger charge is 1.97. The lowest BCUT2D eigenvalue weighted by Gasteiger charge is -2.06. The minimum atomic E-state index is 0.479. The molecule has 0 aliphatic rings. The molecule has 1 aromatic heterocycles. The molecule has 18 heavy (non-hydrogen) atoms. The van der Waals surface area contributed by atoms with Gasteiger partial charge in [-0.15, -0.1) is 0 Å². The molecule has 0 atom stereocenters. The second-order valence-electron chi connectivity index (χ2n) is 3.30. The van der Waals surface area contributed by atoms with E-state index in [2.05, 4.69) is 11.6 Å². The number of allylic oxidation sites excluding steroid dienone is 4. The maximum Gasteiger partial charge on any atom is 0.145 e. The molecule has 0 aromatic carbocycles. The van der Waals surface area contributed by atoms with E-state index in [1.165, 1.54) is 0 Å². The summed E-state index contributed by atoms with van der Waals surface area (Å²) in [5, 5.41) is 0. The first-order chi connectivity index (χ1) is 8.65. The van der Waals surface area contributed by atoms with E-state index >= 15 is 0 Å². The number of anilines is 1. The molecule has 2 N–H and O–H groups in total. The molecule has 0 bridgehead atoms. The van der Waals surface area contributed by atoms with Gasteiger partial charge in [-0.05, 0) is 43.7 Å². The highest BCUT2D eigenvalue weighted by molar-refractivity contribution is 5.34. The summed E-state index contributed by atoms with van der Waals surface area (Å²) >= 11 is 0. The minimum absolute atomic E-state index is 0.479. The molecule has 1 rings (SSSR count). The Labute approximate surface area is 110 Å². The van der Waals surface area contributed by atoms with Crippen molar-refractivity contribution >= 4 is 5.82 Å². The molecular formula is C15H22N2O. The van der Waals surface area contributed by atoms with Crippen molar-refractivity contribution in [2.45, 2.75) is 27.7 Å². The zero-order chi connectivity index (χ0) is 14.0. The van der Waals surface area contributed by atoms with Crippen molar-refractivity contribution in [3.05, 3.63) is 54.5 Å². The van der Waals surface area contributed by atoms with Crippen LogP contribution in [-0.4, -0.2) is 4.98 Å². The van der Waals surface area contributed by atoms with Crippen LogP contribution in [0.25, 0.3) is 0 Å². The first-order valence-electron chi connectivity index (χ1n) is 6.02. The van der Waals surface area contributed by atoms with Crippen molar-refractivity contribution in [1.82, 2.24) is 4.98 Å². The number of hydrogen-bond donors (Lipinski definition) is 1. The van der Waals surface area contributed by atoms with Gasteiger partial charge in [-0.3, -0.25) is 0 Å². The third kappa shape index (κ3) is 5.89. The molecule has 1 heterocycles. The standard InChI is InChI=1S/C13H16N2O.C2H6/c1-4-10(3)8-11(5-2)16-12-6-7-13(14)15-9-12;1-2/h4-9H,1H2,2-3H3,(H2,14,15);1-2H3/b10-8-,11-5+;. The van der Waals surface area contributed by atoms with Crippen molar-refractivity contribution in [2.75, 3.05) is 5.73 Å². The van der Waals surface area contributed by atoms with E-state index in [-0.39, 0.29) is 0 Å². The lowest BCUT2D eigenvalue weighted by atomic mass is 10.2. The van der Waals surface area contributed by atoms with E-state index in [0.29, 0.717) is 11.6 Å². The molecule has 0 radical (unpaired) electrons. The van der Waals surface area contributed by atoms with E-state index in [1.807, 2.05) is 39.8 Å². The van der Waals surface area contributed by atoms with Crippen LogP contribution in [0.15, 0.2) is 54.5 Å². The number of nitrogens with two attached hydrogens (primary N) is 1. The third-order valence-electron chi connectivity index (χ3n) is 1.97. The van der Waals surface area contributed by atoms with Crippen LogP contribution in [0.3, 0.4) is 0 Å². The van der Waals surface area contributed by atoms with Gasteiger partial charge < -0.3 is 10.5 Å². The van der Waals surface area contributed by atoms with E-state index in [1.54, 1.807) is 24.4 Å². The number of aromatic nitrogens is 1. The van der Waals surface area contributed by atoms with E-state index in [4.69, 9.17) is 10.5 Å². The first-order valence-corrected chi connectivity index (χ1v) is 6.02. The number of ether oxygens (including phenoxy) is 1. The van der Waals surface area contributed by atoms with Crippen LogP contribution in [0, 0.1) is 0 Å². The molecular weight excluding hydrogens is 224 g/mol. The Hall–Kier alpha value is -2.03. The Kier molecular flexibility index (Phi) is 8.03. The Morgan fingerprint density at radius 3 is 2.50 bits per heavy atom. The number of nitrogen functional groups attached to an aromatic ring is 1. The van der Waals surface area contributed by atoms with Gasteiger partial charge in [0, 0.05) is 0 Å². The van der Waals surface area contributed by atoms with Gasteiger partial charge in [0.2, 0.25) is 0 Å². The fourth-order valence-electron chi connectivity index (χ4n) is 1.04. The van der Waals surface area contributed by atoms with E-state index in [9.17, 15) is 0 Å². The predicted octanol–water partition coefficient (Wildman–Crippen LogP) is 4.10. The predicted molar refractivity (Wildman–Crippen MR) is 78.3 cm³/mol. The van der Waals surface area contributed by atoms with E-state index < -0.39 is 0 Å². The van der Waals surface area contributed by atoms with Gasteiger partial charge in [0.1, 0.15) is 17.3 Å². The summed E-state index contributed by atoms with van der Waals surface area (Å²) in [6.45, 7) is 11.6. The summed E-state index contributed by atoms with van der Waals surface area (Å²) in [4.78, 5) is 3.95. The lowest BCUT2D eigenvalue weighted by molar-refractivity contribution is 0.441. The monoisotopic (exact) mass is 246 g/mol. The van der Waals surface area contributed by atoms with Crippen LogP contribution in [0.5, 0.6) is 5.75 Å². The van der Waals surface area contributed by atoms with Crippen molar-refractivity contribution in [3.8, 4) is 5.75 Å². The quantitative estimate of drug-likeness (QED) is 0.642. The molecule has 0 spiro atoms. The average molecular weight is 246 g/mol. The molecule has 3 heteroatoms. The van der Waals surface area contributed by atoms with Crippen LogP contribution < -0.4 is 10.5 Å². The van der Waals surface area contributed by atoms with Gasteiger partial charge in [-0.25, -0.2) is 4.98 Å². The molecule has 0 amide bonds. The average Bonchev–Trinajstić information content (AvgIpc) is 2.42. The van der Waals surface area contributed by atoms with Gasteiger partial charge in [-0.2, -0.15) is 0 Å². The largest absolute Gasteiger partial charge is 0.456 e. The molecule has 98 valence electrons. The number of hydrogen-bond acceptors (Lipinski definition) is 3. The molecule has 0 saturated carbocycles. The van der Waals surface area contributed by atoms with Crippen LogP contribution in [-0.2, 0) is 0 Å². The number of rotatable bonds is 4. The van der Waals surface area contributed by atoms with Crippen LogP contribution >= 0.6 is 0 Å². The summed E-state index contributed by atoms with van der Waals surface area (Å²) in [6, 6.07) is 3.48. The number of pyridine rings is 1. The summed E-state index contributed by atoms with van der Waals surface area (Å²) in [7, 11) is 0. The SMILES string of the molecule is C=C/C(C)=C\C(=C/C)Oc1ccc(N)nc1.CC. The molecule has 3 nitrogen and oxygen atoms in total. The Balaban J connectivity index is 0.00000137. The normalized spacial score (nSPS) is 11.3. The van der Waals surface area contributed by atoms with E-state index in [0.717, 1.165) is 11.3 Å². The van der Waals surface area contributed by atoms with Crippen molar-refractivity contribution < 1.29 is 4.74 Å². The molecule has 0 fully saturated rings. The smallest absolute Gasteiger partial charge is 0.145 e. The second-order valence-corrected chi connectivity index (χ2v) is 3.30. The topological polar surface area (TPSA) is 48.1 Å². The van der Waals surface area contributed by atoms with Crippen molar-refractivity contribution in [3.63, 3.8) is 0 Å². The van der Waals surface area contributed by atoms with Crippen LogP contribution in [0.2, 0.25) is 0 Å². The molecule has 0 saturated heterocycles. The van der Waals surface area contributed by atoms with Gasteiger partial charge in [0.05, 0.1) is 6.20 Å². The van der Waals surface area contributed by atoms with Gasteiger partial charge >= 0.3 is 0 Å². The zero-order valence-electron chi connectivity index (χ0n) is 11.6. The zero-order valence-corrected chi connectivity index (χ0v) is 11.6. The van der Waals surface area contributed by atoms with Gasteiger partial charge in [0.15, 0.2) is 0 Å². The van der Waals surface area contributed by atoms with Gasteiger partial charge in [-0.1, -0.05) is 26.5 Å². The summed E-state index contributed by atoms with van der Waals surface area (Å²) in [5.74, 6) is 1.89. The summed E-state index contributed by atoms with van der Waals surface area (Å²) < 4.78 is 5.61. The van der Waals surface area contributed by atoms with Crippen LogP contribution in [0.1, 0.15) is 27.7 Å². The maximum absolute atomic E-state index is 5.61. The Morgan fingerprint density at radius 1 is 1.39 bits per heavy atom. The lowest BCUT2D eigenvalue weighted by Crippen LogP contribution is -1.95. The summed E-state index contributed by atoms with van der Waals surface area (Å²) in [5.41, 5.74) is 6.52. The minimum Gasteiger partial charge on any atom is -0.456 e. The number of nitrogens with zero attached hydrogens (tertiary/aromatic N) is 1. The first kappa shape index (κ1) is 16.0. The highest BCUT2D eigenvalue weighted by Crippen LogP contribution is 2.15. The van der Waals surface area contributed by atoms with Crippen LogP contribution in [0.4, 0.5) is 5.82 Å². The van der Waals surface area contributed by atoms with Crippen molar-refractivity contribution in [2.24, 2.45) is 0 Å².